The van der Waals surface area contributed by atoms with Gasteiger partial charge in [0.15, 0.2) is 5.17 Å². The van der Waals surface area contributed by atoms with Crippen molar-refractivity contribution in [2.24, 2.45) is 10.2 Å². The molecule has 1 unspecified atom stereocenters. The Hall–Kier alpha value is -3.13. The average molecular weight is 426 g/mol. The molecule has 2 N–H and O–H groups in total. The zero-order chi connectivity index (χ0) is 21.7. The van der Waals surface area contributed by atoms with Gasteiger partial charge in [0.25, 0.3) is 0 Å². The van der Waals surface area contributed by atoms with Gasteiger partial charge < -0.3 is 15.2 Å². The highest BCUT2D eigenvalue weighted by Crippen LogP contribution is 2.27. The van der Waals surface area contributed by atoms with Crippen LogP contribution < -0.4 is 10.1 Å². The van der Waals surface area contributed by atoms with Gasteiger partial charge >= 0.3 is 5.97 Å². The van der Waals surface area contributed by atoms with E-state index in [2.05, 4.69) is 48.4 Å². The van der Waals surface area contributed by atoms with Crippen LogP contribution in [0.15, 0.2) is 58.7 Å². The molecule has 0 bridgehead atoms. The molecule has 1 heterocycles. The predicted molar refractivity (Wildman–Crippen MR) is 118 cm³/mol. The van der Waals surface area contributed by atoms with Gasteiger partial charge in [0.1, 0.15) is 16.7 Å². The monoisotopic (exact) mass is 425 g/mol. The lowest BCUT2D eigenvalue weighted by molar-refractivity contribution is -0.138. The fourth-order valence-corrected chi connectivity index (χ4v) is 3.59. The molecule has 1 fully saturated rings. The van der Waals surface area contributed by atoms with Crippen LogP contribution in [0, 0.1) is 0 Å². The van der Waals surface area contributed by atoms with Crippen LogP contribution in [-0.2, 0) is 15.0 Å². The van der Waals surface area contributed by atoms with Crippen molar-refractivity contribution in [1.29, 1.82) is 0 Å². The van der Waals surface area contributed by atoms with E-state index in [9.17, 15) is 9.59 Å². The number of carboxylic acids is 1. The minimum atomic E-state index is -1.03. The summed E-state index contributed by atoms with van der Waals surface area (Å²) in [5, 5.41) is 18.8. The number of thioether (sulfide) groups is 1. The Labute approximate surface area is 179 Å². The van der Waals surface area contributed by atoms with Crippen molar-refractivity contribution in [3.8, 4) is 11.5 Å². The largest absolute Gasteiger partial charge is 0.481 e. The Morgan fingerprint density at radius 1 is 1.13 bits per heavy atom. The minimum Gasteiger partial charge on any atom is -0.481 e. The third-order valence-electron chi connectivity index (χ3n) is 4.33. The number of rotatable bonds is 6. The fraction of sp³-hybridized carbons (Fsp3) is 0.273. The zero-order valence-electron chi connectivity index (χ0n) is 17.0. The second kappa shape index (κ2) is 9.13. The molecule has 0 spiro atoms. The molecule has 30 heavy (non-hydrogen) atoms. The van der Waals surface area contributed by atoms with Gasteiger partial charge in [-0.3, -0.25) is 9.59 Å². The number of carbonyl (C=O) groups excluding carboxylic acids is 1. The normalized spacial score (nSPS) is 18.0. The number of hydrogen-bond acceptors (Lipinski definition) is 6. The van der Waals surface area contributed by atoms with E-state index in [1.807, 2.05) is 36.4 Å². The van der Waals surface area contributed by atoms with Crippen LogP contribution in [0.1, 0.15) is 38.3 Å². The van der Waals surface area contributed by atoms with Crippen molar-refractivity contribution in [3.63, 3.8) is 0 Å². The van der Waals surface area contributed by atoms with Crippen molar-refractivity contribution in [2.75, 3.05) is 0 Å². The molecular formula is C22H23N3O4S. The van der Waals surface area contributed by atoms with Crippen LogP contribution in [0.5, 0.6) is 11.5 Å². The van der Waals surface area contributed by atoms with Gasteiger partial charge in [-0.05, 0) is 52.9 Å². The lowest BCUT2D eigenvalue weighted by Gasteiger charge is -2.19. The number of benzene rings is 2. The Balaban J connectivity index is 1.57. The molecule has 2 aromatic carbocycles. The van der Waals surface area contributed by atoms with E-state index in [-0.39, 0.29) is 17.7 Å². The number of nitrogens with one attached hydrogen (secondary N) is 1. The fourth-order valence-electron chi connectivity index (χ4n) is 2.67. The van der Waals surface area contributed by atoms with Gasteiger partial charge in [-0.25, -0.2) is 0 Å². The quantitative estimate of drug-likeness (QED) is 0.534. The molecule has 8 heteroatoms. The smallest absolute Gasteiger partial charge is 0.305 e. The summed E-state index contributed by atoms with van der Waals surface area (Å²) in [6.07, 6.45) is 1.30. The first-order valence-electron chi connectivity index (χ1n) is 9.39. The Morgan fingerprint density at radius 3 is 2.30 bits per heavy atom. The second-order valence-electron chi connectivity index (χ2n) is 7.79. The zero-order valence-corrected chi connectivity index (χ0v) is 17.8. The van der Waals surface area contributed by atoms with E-state index in [0.29, 0.717) is 10.9 Å². The molecule has 156 valence electrons. The van der Waals surface area contributed by atoms with Gasteiger partial charge in [-0.2, -0.15) is 5.10 Å². The number of carboxylic acid groups (broad SMARTS) is 1. The number of nitrogens with zero attached hydrogens (tertiary/aromatic N) is 2. The third-order valence-corrected chi connectivity index (χ3v) is 5.40. The molecule has 1 atom stereocenters. The third kappa shape index (κ3) is 5.93. The van der Waals surface area contributed by atoms with Crippen molar-refractivity contribution < 1.29 is 19.4 Å². The van der Waals surface area contributed by atoms with E-state index >= 15 is 0 Å². The number of aliphatic carboxylic acids is 1. The summed E-state index contributed by atoms with van der Waals surface area (Å²) in [6.45, 7) is 6.50. The molecule has 1 aliphatic heterocycles. The standard InChI is InChI=1S/C22H23N3O4S/c1-22(2,3)15-6-10-17(11-7-15)29-16-8-4-14(5-9-16)13-23-25-21-24-20(28)18(30-21)12-19(26)27/h4-11,13,18H,12H2,1-3H3,(H,26,27)(H,24,25,28). The van der Waals surface area contributed by atoms with Gasteiger partial charge in [0, 0.05) is 0 Å². The van der Waals surface area contributed by atoms with E-state index in [1.165, 1.54) is 5.56 Å². The van der Waals surface area contributed by atoms with Crippen LogP contribution in [0.3, 0.4) is 0 Å². The maximum atomic E-state index is 11.7. The molecule has 2 aromatic rings. The summed E-state index contributed by atoms with van der Waals surface area (Å²) < 4.78 is 5.87. The van der Waals surface area contributed by atoms with Crippen LogP contribution in [0.2, 0.25) is 0 Å². The van der Waals surface area contributed by atoms with Crippen molar-refractivity contribution >= 4 is 35.0 Å². The molecular weight excluding hydrogens is 402 g/mol. The molecule has 3 rings (SSSR count). The topological polar surface area (TPSA) is 100 Å². The highest BCUT2D eigenvalue weighted by Gasteiger charge is 2.32. The van der Waals surface area contributed by atoms with Crippen molar-refractivity contribution in [1.82, 2.24) is 5.32 Å². The van der Waals surface area contributed by atoms with Gasteiger partial charge in [0.2, 0.25) is 5.91 Å². The molecule has 0 aliphatic carbocycles. The number of ether oxygens (including phenoxy) is 1. The SMILES string of the molecule is CC(C)(C)c1ccc(Oc2ccc(C=NN=C3NC(=O)C(CC(=O)O)S3)cc2)cc1. The number of carbonyl (C=O) groups is 2. The Morgan fingerprint density at radius 2 is 1.73 bits per heavy atom. The van der Waals surface area contributed by atoms with Crippen molar-refractivity contribution in [2.45, 2.75) is 37.9 Å². The van der Waals surface area contributed by atoms with Crippen LogP contribution in [0.25, 0.3) is 0 Å². The second-order valence-corrected chi connectivity index (χ2v) is 8.98. The highest BCUT2D eigenvalue weighted by atomic mass is 32.2. The number of amides is 1. The summed E-state index contributed by atoms with van der Waals surface area (Å²) in [5.41, 5.74) is 2.15. The molecule has 7 nitrogen and oxygen atoms in total. The summed E-state index contributed by atoms with van der Waals surface area (Å²) in [5.74, 6) is 0.0751. The maximum Gasteiger partial charge on any atom is 0.305 e. The average Bonchev–Trinajstić information content (AvgIpc) is 3.01. The van der Waals surface area contributed by atoms with Crippen molar-refractivity contribution in [3.05, 3.63) is 59.7 Å². The first-order valence-corrected chi connectivity index (χ1v) is 10.3. The van der Waals surface area contributed by atoms with Crippen LogP contribution in [0.4, 0.5) is 0 Å². The van der Waals surface area contributed by atoms with Crippen LogP contribution in [-0.4, -0.2) is 33.6 Å². The Kier molecular flexibility index (Phi) is 6.56. The van der Waals surface area contributed by atoms with E-state index in [0.717, 1.165) is 23.1 Å². The summed E-state index contributed by atoms with van der Waals surface area (Å²) >= 11 is 1.06. The minimum absolute atomic E-state index is 0.0971. The van der Waals surface area contributed by atoms with E-state index < -0.39 is 11.2 Å². The van der Waals surface area contributed by atoms with Gasteiger partial charge in [-0.1, -0.05) is 44.7 Å². The summed E-state index contributed by atoms with van der Waals surface area (Å²) in [7, 11) is 0. The maximum absolute atomic E-state index is 11.7. The highest BCUT2D eigenvalue weighted by molar-refractivity contribution is 8.15. The molecule has 0 radical (unpaired) electrons. The van der Waals surface area contributed by atoms with E-state index in [4.69, 9.17) is 9.84 Å². The number of hydrogen-bond donors (Lipinski definition) is 2. The molecule has 1 amide bonds. The summed E-state index contributed by atoms with van der Waals surface area (Å²) in [6, 6.07) is 15.4. The van der Waals surface area contributed by atoms with E-state index in [1.54, 1.807) is 6.21 Å². The first-order chi connectivity index (χ1) is 14.2. The number of amidine groups is 1. The van der Waals surface area contributed by atoms with Gasteiger partial charge in [-0.15, -0.1) is 5.10 Å². The van der Waals surface area contributed by atoms with Crippen LogP contribution >= 0.6 is 11.8 Å². The molecule has 1 saturated heterocycles. The summed E-state index contributed by atoms with van der Waals surface area (Å²) in [4.78, 5) is 22.4. The molecule has 1 aliphatic rings. The lowest BCUT2D eigenvalue weighted by Crippen LogP contribution is -2.26. The lowest BCUT2D eigenvalue weighted by atomic mass is 9.87. The first kappa shape index (κ1) is 21.6. The Bertz CT molecular complexity index is 977. The molecule has 0 saturated carbocycles. The predicted octanol–water partition coefficient (Wildman–Crippen LogP) is 4.17. The molecule has 0 aromatic heterocycles. The van der Waals surface area contributed by atoms with Gasteiger partial charge in [0.05, 0.1) is 12.6 Å².